The Labute approximate surface area is 219 Å². The van der Waals surface area contributed by atoms with E-state index in [4.69, 9.17) is 14.5 Å². The molecule has 37 heavy (non-hydrogen) atoms. The third kappa shape index (κ3) is 6.70. The standard InChI is InChI=1S/C31H37N3O3/c1-21(2)25-14-12-23(4)18-29(25)36-16-8-15-34-27-10-7-6-9-26(27)33-30(34)19-32-31(35)20-37-28-17-22(3)11-13-24(28)5/h6-7,9-14,17-18,21H,8,15-16,19-20H2,1-5H3,(H,32,35). The number of benzene rings is 3. The van der Waals surface area contributed by atoms with E-state index in [1.165, 1.54) is 11.1 Å². The molecule has 0 aliphatic heterocycles. The molecule has 1 heterocycles. The lowest BCUT2D eigenvalue weighted by molar-refractivity contribution is -0.123. The molecule has 0 saturated heterocycles. The number of ether oxygens (including phenoxy) is 2. The molecule has 0 spiro atoms. The van der Waals surface area contributed by atoms with Gasteiger partial charge in [0.25, 0.3) is 5.91 Å². The van der Waals surface area contributed by atoms with Gasteiger partial charge in [0.15, 0.2) is 6.61 Å². The van der Waals surface area contributed by atoms with Crippen molar-refractivity contribution in [2.45, 2.75) is 60.0 Å². The highest BCUT2D eigenvalue weighted by molar-refractivity contribution is 5.78. The lowest BCUT2D eigenvalue weighted by Crippen LogP contribution is -2.29. The molecule has 6 heteroatoms. The molecule has 1 aromatic heterocycles. The Morgan fingerprint density at radius 2 is 1.68 bits per heavy atom. The van der Waals surface area contributed by atoms with Crippen molar-refractivity contribution in [3.05, 3.63) is 88.7 Å². The third-order valence-corrected chi connectivity index (χ3v) is 6.45. The molecule has 0 unspecified atom stereocenters. The molecular weight excluding hydrogens is 462 g/mol. The Kier molecular flexibility index (Phi) is 8.49. The summed E-state index contributed by atoms with van der Waals surface area (Å²) in [6, 6.07) is 20.4. The Hall–Kier alpha value is -3.80. The third-order valence-electron chi connectivity index (χ3n) is 6.45. The molecule has 0 bridgehead atoms. The van der Waals surface area contributed by atoms with Crippen molar-refractivity contribution < 1.29 is 14.3 Å². The van der Waals surface area contributed by atoms with E-state index >= 15 is 0 Å². The van der Waals surface area contributed by atoms with Gasteiger partial charge >= 0.3 is 0 Å². The summed E-state index contributed by atoms with van der Waals surface area (Å²) in [4.78, 5) is 17.3. The number of carbonyl (C=O) groups is 1. The van der Waals surface area contributed by atoms with Gasteiger partial charge < -0.3 is 19.4 Å². The number of aromatic nitrogens is 2. The highest BCUT2D eigenvalue weighted by atomic mass is 16.5. The fourth-order valence-electron chi connectivity index (χ4n) is 4.39. The van der Waals surface area contributed by atoms with Gasteiger partial charge in [0, 0.05) is 6.54 Å². The largest absolute Gasteiger partial charge is 0.493 e. The van der Waals surface area contributed by atoms with Gasteiger partial charge in [0.05, 0.1) is 24.2 Å². The van der Waals surface area contributed by atoms with Crippen LogP contribution in [0, 0.1) is 20.8 Å². The SMILES string of the molecule is Cc1ccc(C)c(OCC(=O)NCc2nc3ccccc3n2CCCOc2cc(C)ccc2C(C)C)c1. The fraction of sp³-hybridized carbons (Fsp3) is 0.355. The predicted molar refractivity (Wildman–Crippen MR) is 148 cm³/mol. The van der Waals surface area contributed by atoms with E-state index < -0.39 is 0 Å². The second-order valence-electron chi connectivity index (χ2n) is 9.90. The summed E-state index contributed by atoms with van der Waals surface area (Å²) in [5, 5.41) is 2.97. The van der Waals surface area contributed by atoms with Crippen molar-refractivity contribution in [1.29, 1.82) is 0 Å². The first-order chi connectivity index (χ1) is 17.8. The van der Waals surface area contributed by atoms with Gasteiger partial charge in [0.2, 0.25) is 0 Å². The van der Waals surface area contributed by atoms with Crippen LogP contribution in [0.2, 0.25) is 0 Å². The molecule has 1 N–H and O–H groups in total. The van der Waals surface area contributed by atoms with E-state index in [1.807, 2.05) is 50.2 Å². The summed E-state index contributed by atoms with van der Waals surface area (Å²) in [5.74, 6) is 2.74. The summed E-state index contributed by atoms with van der Waals surface area (Å²) in [6.45, 7) is 12.1. The van der Waals surface area contributed by atoms with Gasteiger partial charge in [-0.15, -0.1) is 0 Å². The number of amides is 1. The lowest BCUT2D eigenvalue weighted by atomic mass is 10.0. The van der Waals surface area contributed by atoms with Gasteiger partial charge in [-0.3, -0.25) is 4.79 Å². The molecular formula is C31H37N3O3. The molecule has 0 fully saturated rings. The van der Waals surface area contributed by atoms with Crippen LogP contribution in [0.15, 0.2) is 60.7 Å². The number of nitrogens with zero attached hydrogens (tertiary/aromatic N) is 2. The van der Waals surface area contributed by atoms with Gasteiger partial charge in [-0.1, -0.05) is 50.2 Å². The zero-order valence-electron chi connectivity index (χ0n) is 22.5. The first kappa shape index (κ1) is 26.3. The van der Waals surface area contributed by atoms with E-state index in [0.717, 1.165) is 52.4 Å². The molecule has 4 aromatic rings. The number of carbonyl (C=O) groups excluding carboxylic acids is 1. The number of rotatable bonds is 11. The first-order valence-corrected chi connectivity index (χ1v) is 13.0. The molecule has 3 aromatic carbocycles. The molecule has 0 atom stereocenters. The number of hydrogen-bond donors (Lipinski definition) is 1. The van der Waals surface area contributed by atoms with Crippen LogP contribution in [0.25, 0.3) is 11.0 Å². The minimum absolute atomic E-state index is 0.0347. The van der Waals surface area contributed by atoms with E-state index in [9.17, 15) is 4.79 Å². The lowest BCUT2D eigenvalue weighted by Gasteiger charge is -2.16. The van der Waals surface area contributed by atoms with Crippen LogP contribution in [0.4, 0.5) is 0 Å². The van der Waals surface area contributed by atoms with Crippen LogP contribution in [0.5, 0.6) is 11.5 Å². The van der Waals surface area contributed by atoms with Crippen molar-refractivity contribution in [3.8, 4) is 11.5 Å². The summed E-state index contributed by atoms with van der Waals surface area (Å²) < 4.78 is 14.1. The fourth-order valence-corrected chi connectivity index (χ4v) is 4.39. The van der Waals surface area contributed by atoms with Gasteiger partial charge in [0.1, 0.15) is 17.3 Å². The van der Waals surface area contributed by atoms with Crippen LogP contribution >= 0.6 is 0 Å². The van der Waals surface area contributed by atoms with Crippen molar-refractivity contribution in [1.82, 2.24) is 14.9 Å². The van der Waals surface area contributed by atoms with E-state index in [0.29, 0.717) is 19.1 Å². The number of nitrogens with one attached hydrogen (secondary N) is 1. The summed E-state index contributed by atoms with van der Waals surface area (Å²) in [5.41, 5.74) is 6.50. The average Bonchev–Trinajstić information content (AvgIpc) is 3.23. The van der Waals surface area contributed by atoms with Crippen LogP contribution < -0.4 is 14.8 Å². The highest BCUT2D eigenvalue weighted by Crippen LogP contribution is 2.28. The van der Waals surface area contributed by atoms with Crippen LogP contribution in [0.1, 0.15) is 54.3 Å². The maximum Gasteiger partial charge on any atom is 0.258 e. The zero-order valence-corrected chi connectivity index (χ0v) is 22.5. The highest BCUT2D eigenvalue weighted by Gasteiger charge is 2.13. The van der Waals surface area contributed by atoms with Crippen molar-refractivity contribution >= 4 is 16.9 Å². The number of imidazole rings is 1. The Balaban J connectivity index is 1.37. The van der Waals surface area contributed by atoms with Gasteiger partial charge in [-0.25, -0.2) is 4.98 Å². The van der Waals surface area contributed by atoms with Crippen molar-refractivity contribution in [3.63, 3.8) is 0 Å². The summed E-state index contributed by atoms with van der Waals surface area (Å²) in [7, 11) is 0. The monoisotopic (exact) mass is 499 g/mol. The topological polar surface area (TPSA) is 65.4 Å². The van der Waals surface area contributed by atoms with Crippen LogP contribution in [0.3, 0.4) is 0 Å². The summed E-state index contributed by atoms with van der Waals surface area (Å²) in [6.07, 6.45) is 0.822. The van der Waals surface area contributed by atoms with Crippen molar-refractivity contribution in [2.24, 2.45) is 0 Å². The van der Waals surface area contributed by atoms with Crippen molar-refractivity contribution in [2.75, 3.05) is 13.2 Å². The number of para-hydroxylation sites is 2. The minimum atomic E-state index is -0.177. The number of fused-ring (bicyclic) bond motifs is 1. The summed E-state index contributed by atoms with van der Waals surface area (Å²) >= 11 is 0. The van der Waals surface area contributed by atoms with E-state index in [2.05, 4.69) is 54.9 Å². The second kappa shape index (κ2) is 12.0. The maximum atomic E-state index is 12.6. The molecule has 0 saturated carbocycles. The van der Waals surface area contributed by atoms with Crippen LogP contribution in [-0.2, 0) is 17.9 Å². The molecule has 1 amide bonds. The predicted octanol–water partition coefficient (Wildman–Crippen LogP) is 6.25. The Bertz CT molecular complexity index is 1370. The zero-order chi connectivity index (χ0) is 26.4. The molecule has 0 aliphatic carbocycles. The molecule has 0 radical (unpaired) electrons. The first-order valence-electron chi connectivity index (χ1n) is 13.0. The Morgan fingerprint density at radius 3 is 2.46 bits per heavy atom. The molecule has 0 aliphatic rings. The van der Waals surface area contributed by atoms with Gasteiger partial charge in [-0.05, 0) is 79.6 Å². The maximum absolute atomic E-state index is 12.6. The van der Waals surface area contributed by atoms with E-state index in [1.54, 1.807) is 0 Å². The average molecular weight is 500 g/mol. The van der Waals surface area contributed by atoms with Gasteiger partial charge in [-0.2, -0.15) is 0 Å². The quantitative estimate of drug-likeness (QED) is 0.248. The molecule has 4 rings (SSSR count). The normalized spacial score (nSPS) is 11.2. The van der Waals surface area contributed by atoms with Crippen LogP contribution in [-0.4, -0.2) is 28.7 Å². The second-order valence-corrected chi connectivity index (χ2v) is 9.90. The minimum Gasteiger partial charge on any atom is -0.493 e. The smallest absolute Gasteiger partial charge is 0.258 e. The number of hydrogen-bond acceptors (Lipinski definition) is 4. The number of aryl methyl sites for hydroxylation is 4. The van der Waals surface area contributed by atoms with E-state index in [-0.39, 0.29) is 12.5 Å². The molecule has 194 valence electrons. The Morgan fingerprint density at radius 1 is 0.946 bits per heavy atom. The molecule has 6 nitrogen and oxygen atoms in total.